The number of hydrogen-bond acceptors (Lipinski definition) is 5. The number of fused-ring (bicyclic) bond motifs is 1. The van der Waals surface area contributed by atoms with Gasteiger partial charge < -0.3 is 10.1 Å². The normalized spacial score (nSPS) is 12.2. The maximum absolute atomic E-state index is 11.4. The molecule has 112 valence electrons. The fraction of sp³-hybridized carbons (Fsp3) is 0.0667. The minimum absolute atomic E-state index is 0.0577. The Labute approximate surface area is 127 Å². The van der Waals surface area contributed by atoms with Gasteiger partial charge in [0, 0.05) is 11.6 Å². The molecular weight excluding hydrogens is 302 g/mol. The van der Waals surface area contributed by atoms with Crippen molar-refractivity contribution in [1.82, 2.24) is 4.98 Å². The van der Waals surface area contributed by atoms with Gasteiger partial charge in [0.25, 0.3) is 0 Å². The Kier molecular flexibility index (Phi) is 3.42. The second-order valence-electron chi connectivity index (χ2n) is 4.83. The average molecular weight is 315 g/mol. The number of H-pyrrole nitrogens is 1. The van der Waals surface area contributed by atoms with Crippen LogP contribution in [0.2, 0.25) is 0 Å². The minimum atomic E-state index is -3.23. The Morgan fingerprint density at radius 1 is 1.00 bits per heavy atom. The molecule has 0 spiro atoms. The summed E-state index contributed by atoms with van der Waals surface area (Å²) in [6.45, 7) is 0. The molecule has 0 aliphatic carbocycles. The molecule has 0 atom stereocenters. The van der Waals surface area contributed by atoms with E-state index in [4.69, 9.17) is 0 Å². The van der Waals surface area contributed by atoms with E-state index in [1.807, 2.05) is 24.3 Å². The molecule has 22 heavy (non-hydrogen) atoms. The molecule has 0 radical (unpaired) electrons. The molecule has 2 aromatic carbocycles. The quantitative estimate of drug-likeness (QED) is 0.721. The van der Waals surface area contributed by atoms with Crippen molar-refractivity contribution in [2.75, 3.05) is 6.26 Å². The second-order valence-corrected chi connectivity index (χ2v) is 6.85. The van der Waals surface area contributed by atoms with Crippen LogP contribution in [0.4, 0.5) is 11.4 Å². The Balaban J connectivity index is 1.95. The van der Waals surface area contributed by atoms with Gasteiger partial charge in [-0.1, -0.05) is 18.2 Å². The molecule has 7 heteroatoms. The number of azo groups is 1. The topological polar surface area (TPSA) is 94.9 Å². The molecule has 1 aromatic heterocycles. The number of nitrogens with one attached hydrogen (secondary N) is 1. The predicted molar refractivity (Wildman–Crippen MR) is 83.7 cm³/mol. The highest BCUT2D eigenvalue weighted by Gasteiger charge is 2.09. The Bertz CT molecular complexity index is 957. The molecule has 3 aromatic rings. The molecule has 0 aliphatic heterocycles. The predicted octanol–water partition coefficient (Wildman–Crippen LogP) is 3.69. The summed E-state index contributed by atoms with van der Waals surface area (Å²) in [5, 5.41) is 18.7. The van der Waals surface area contributed by atoms with E-state index in [1.165, 1.54) is 12.1 Å². The van der Waals surface area contributed by atoms with Gasteiger partial charge in [0.2, 0.25) is 5.88 Å². The fourth-order valence-electron chi connectivity index (χ4n) is 2.08. The molecule has 0 saturated carbocycles. The zero-order valence-corrected chi connectivity index (χ0v) is 12.5. The van der Waals surface area contributed by atoms with E-state index in [-0.39, 0.29) is 10.8 Å². The van der Waals surface area contributed by atoms with Crippen LogP contribution in [0.5, 0.6) is 5.88 Å². The van der Waals surface area contributed by atoms with Crippen LogP contribution in [0.15, 0.2) is 63.7 Å². The van der Waals surface area contributed by atoms with Crippen molar-refractivity contribution in [1.29, 1.82) is 0 Å². The fourth-order valence-corrected chi connectivity index (χ4v) is 2.71. The number of sulfone groups is 1. The lowest BCUT2D eigenvalue weighted by molar-refractivity contribution is 0.459. The van der Waals surface area contributed by atoms with Gasteiger partial charge in [-0.25, -0.2) is 8.42 Å². The van der Waals surface area contributed by atoms with Crippen LogP contribution in [0.3, 0.4) is 0 Å². The zero-order chi connectivity index (χ0) is 15.7. The monoisotopic (exact) mass is 315 g/mol. The smallest absolute Gasteiger partial charge is 0.218 e. The number of aromatic amines is 1. The first kappa shape index (κ1) is 14.3. The highest BCUT2D eigenvalue weighted by Crippen LogP contribution is 2.36. The molecule has 0 saturated heterocycles. The number of nitrogens with zero attached hydrogens (tertiary/aromatic N) is 2. The second kappa shape index (κ2) is 5.27. The van der Waals surface area contributed by atoms with Gasteiger partial charge in [-0.05, 0) is 30.3 Å². The van der Waals surface area contributed by atoms with E-state index >= 15 is 0 Å². The first-order valence-corrected chi connectivity index (χ1v) is 8.36. The van der Waals surface area contributed by atoms with E-state index in [9.17, 15) is 13.5 Å². The number of para-hydroxylation sites is 1. The number of rotatable bonds is 3. The molecule has 1 heterocycles. The summed E-state index contributed by atoms with van der Waals surface area (Å²) in [7, 11) is -3.23. The molecule has 6 nitrogen and oxygen atoms in total. The maximum Gasteiger partial charge on any atom is 0.218 e. The minimum Gasteiger partial charge on any atom is -0.493 e. The largest absolute Gasteiger partial charge is 0.493 e. The maximum atomic E-state index is 11.4. The van der Waals surface area contributed by atoms with Crippen LogP contribution in [0.25, 0.3) is 10.9 Å². The van der Waals surface area contributed by atoms with Gasteiger partial charge in [-0.15, -0.1) is 5.11 Å². The summed E-state index contributed by atoms with van der Waals surface area (Å²) in [5.41, 5.74) is 1.61. The Hall–Kier alpha value is -2.67. The average Bonchev–Trinajstić information content (AvgIpc) is 2.80. The molecule has 0 amide bonds. The summed E-state index contributed by atoms with van der Waals surface area (Å²) in [4.78, 5) is 3.04. The van der Waals surface area contributed by atoms with Crippen LogP contribution in [-0.4, -0.2) is 24.8 Å². The standard InChI is InChI=1S/C15H13N3O3S/c1-22(20,21)11-8-6-10(7-9-11)17-18-14-12-4-2-3-5-13(12)16-15(14)19/h2-9,16,19H,1H3. The Morgan fingerprint density at radius 2 is 1.68 bits per heavy atom. The van der Waals surface area contributed by atoms with Gasteiger partial charge in [0.15, 0.2) is 15.5 Å². The van der Waals surface area contributed by atoms with E-state index in [2.05, 4.69) is 15.2 Å². The summed E-state index contributed by atoms with van der Waals surface area (Å²) in [6.07, 6.45) is 1.15. The van der Waals surface area contributed by atoms with E-state index in [1.54, 1.807) is 12.1 Å². The summed E-state index contributed by atoms with van der Waals surface area (Å²) >= 11 is 0. The van der Waals surface area contributed by atoms with Gasteiger partial charge >= 0.3 is 0 Å². The summed E-state index contributed by atoms with van der Waals surface area (Å²) < 4.78 is 22.8. The lowest BCUT2D eigenvalue weighted by Crippen LogP contribution is -1.95. The van der Waals surface area contributed by atoms with Crippen LogP contribution in [0.1, 0.15) is 0 Å². The third-order valence-corrected chi connectivity index (χ3v) is 4.32. The van der Waals surface area contributed by atoms with Crippen molar-refractivity contribution in [2.45, 2.75) is 4.90 Å². The summed E-state index contributed by atoms with van der Waals surface area (Å²) in [5.74, 6) is -0.0577. The number of benzene rings is 2. The molecule has 3 rings (SSSR count). The lowest BCUT2D eigenvalue weighted by Gasteiger charge is -1.97. The van der Waals surface area contributed by atoms with Gasteiger partial charge in [-0.3, -0.25) is 0 Å². The van der Waals surface area contributed by atoms with Gasteiger partial charge in [0.05, 0.1) is 16.1 Å². The molecule has 0 aliphatic rings. The SMILES string of the molecule is CS(=O)(=O)c1ccc(N=Nc2c(O)[nH]c3ccccc23)cc1. The first-order chi connectivity index (χ1) is 10.4. The van der Waals surface area contributed by atoms with Crippen molar-refractivity contribution in [2.24, 2.45) is 10.2 Å². The van der Waals surface area contributed by atoms with Crippen LogP contribution in [0, 0.1) is 0 Å². The first-order valence-electron chi connectivity index (χ1n) is 6.47. The van der Waals surface area contributed by atoms with Gasteiger partial charge in [-0.2, -0.15) is 5.11 Å². The Morgan fingerprint density at radius 3 is 2.36 bits per heavy atom. The van der Waals surface area contributed by atoms with Crippen molar-refractivity contribution in [3.63, 3.8) is 0 Å². The zero-order valence-electron chi connectivity index (χ0n) is 11.7. The highest BCUT2D eigenvalue weighted by molar-refractivity contribution is 7.90. The third-order valence-electron chi connectivity index (χ3n) is 3.19. The van der Waals surface area contributed by atoms with Gasteiger partial charge in [0.1, 0.15) is 0 Å². The van der Waals surface area contributed by atoms with Crippen molar-refractivity contribution >= 4 is 32.1 Å². The van der Waals surface area contributed by atoms with Crippen LogP contribution < -0.4 is 0 Å². The summed E-state index contributed by atoms with van der Waals surface area (Å²) in [6, 6.07) is 13.4. The lowest BCUT2D eigenvalue weighted by atomic mass is 10.2. The van der Waals surface area contributed by atoms with Crippen molar-refractivity contribution in [3.05, 3.63) is 48.5 Å². The van der Waals surface area contributed by atoms with Crippen LogP contribution >= 0.6 is 0 Å². The molecule has 0 fully saturated rings. The number of aromatic nitrogens is 1. The molecule has 0 bridgehead atoms. The van der Waals surface area contributed by atoms with E-state index in [0.717, 1.165) is 17.2 Å². The third kappa shape index (κ3) is 2.71. The molecule has 2 N–H and O–H groups in total. The highest BCUT2D eigenvalue weighted by atomic mass is 32.2. The van der Waals surface area contributed by atoms with E-state index in [0.29, 0.717) is 11.4 Å². The van der Waals surface area contributed by atoms with Crippen LogP contribution in [-0.2, 0) is 9.84 Å². The van der Waals surface area contributed by atoms with Crippen molar-refractivity contribution in [3.8, 4) is 5.88 Å². The number of hydrogen-bond donors (Lipinski definition) is 2. The number of aromatic hydroxyl groups is 1. The van der Waals surface area contributed by atoms with Crippen molar-refractivity contribution < 1.29 is 13.5 Å². The molecular formula is C15H13N3O3S. The van der Waals surface area contributed by atoms with E-state index < -0.39 is 9.84 Å². The molecule has 0 unspecified atom stereocenters.